The minimum atomic E-state index is 0.0743. The second-order valence-electron chi connectivity index (χ2n) is 5.21. The molecule has 0 aliphatic carbocycles. The summed E-state index contributed by atoms with van der Waals surface area (Å²) in [5.74, 6) is 0.883. The quantitative estimate of drug-likeness (QED) is 0.730. The summed E-state index contributed by atoms with van der Waals surface area (Å²) >= 11 is 3.02. The van der Waals surface area contributed by atoms with Crippen molar-refractivity contribution in [2.75, 3.05) is 12.8 Å². The van der Waals surface area contributed by atoms with Crippen molar-refractivity contribution in [2.24, 2.45) is 5.92 Å². The van der Waals surface area contributed by atoms with Crippen LogP contribution in [-0.4, -0.2) is 43.8 Å². The molecule has 0 saturated carbocycles. The third kappa shape index (κ3) is 4.82. The molecular formula is C13H19N5OS2. The lowest BCUT2D eigenvalue weighted by Crippen LogP contribution is -2.27. The fourth-order valence-electron chi connectivity index (χ4n) is 1.74. The van der Waals surface area contributed by atoms with Crippen molar-refractivity contribution in [1.29, 1.82) is 0 Å². The number of thiophene rings is 1. The first-order valence-electron chi connectivity index (χ1n) is 6.70. The Balaban J connectivity index is 1.84. The van der Waals surface area contributed by atoms with E-state index in [0.29, 0.717) is 23.4 Å². The van der Waals surface area contributed by atoms with E-state index < -0.39 is 0 Å². The summed E-state index contributed by atoms with van der Waals surface area (Å²) in [5.41, 5.74) is 1.16. The average Bonchev–Trinajstić information content (AvgIpc) is 3.07. The fourth-order valence-corrected chi connectivity index (χ4v) is 3.23. The Kier molecular flexibility index (Phi) is 5.75. The van der Waals surface area contributed by atoms with Gasteiger partial charge in [0.2, 0.25) is 11.1 Å². The molecule has 0 spiro atoms. The van der Waals surface area contributed by atoms with Gasteiger partial charge in [-0.3, -0.25) is 4.79 Å². The van der Waals surface area contributed by atoms with Gasteiger partial charge in [0.25, 0.3) is 0 Å². The summed E-state index contributed by atoms with van der Waals surface area (Å²) in [4.78, 5) is 13.9. The maximum absolute atomic E-state index is 12.1. The maximum Gasteiger partial charge on any atom is 0.233 e. The number of nitrogens with zero attached hydrogens (tertiary/aromatic N) is 5. The number of tetrazole rings is 1. The number of carbonyl (C=O) groups is 1. The monoisotopic (exact) mass is 325 g/mol. The molecule has 0 aromatic carbocycles. The molecule has 114 valence electrons. The lowest BCUT2D eigenvalue weighted by Gasteiger charge is -2.16. The molecule has 2 aromatic heterocycles. The molecule has 1 amide bonds. The molecule has 0 atom stereocenters. The molecule has 2 heterocycles. The van der Waals surface area contributed by atoms with E-state index in [1.54, 1.807) is 20.9 Å². The van der Waals surface area contributed by atoms with Crippen molar-refractivity contribution >= 4 is 29.0 Å². The van der Waals surface area contributed by atoms with Crippen LogP contribution in [0.1, 0.15) is 19.4 Å². The summed E-state index contributed by atoms with van der Waals surface area (Å²) in [6.07, 6.45) is 0. The Morgan fingerprint density at radius 1 is 1.52 bits per heavy atom. The molecule has 0 N–H and O–H groups in total. The SMILES string of the molecule is CC(C)Cn1nnnc1SCC(=O)N(C)Cc1ccsc1. The van der Waals surface area contributed by atoms with Crippen LogP contribution in [0.15, 0.2) is 22.0 Å². The smallest absolute Gasteiger partial charge is 0.233 e. The first-order chi connectivity index (χ1) is 10.1. The maximum atomic E-state index is 12.1. The van der Waals surface area contributed by atoms with E-state index in [2.05, 4.69) is 34.8 Å². The molecule has 6 nitrogen and oxygen atoms in total. The molecule has 2 rings (SSSR count). The molecule has 0 radical (unpaired) electrons. The van der Waals surface area contributed by atoms with E-state index >= 15 is 0 Å². The summed E-state index contributed by atoms with van der Waals surface area (Å²) in [5, 5.41) is 16.4. The van der Waals surface area contributed by atoms with Crippen LogP contribution in [0.4, 0.5) is 0 Å². The third-order valence-corrected chi connectivity index (χ3v) is 4.46. The number of carbonyl (C=O) groups excluding carboxylic acids is 1. The highest BCUT2D eigenvalue weighted by Crippen LogP contribution is 2.16. The van der Waals surface area contributed by atoms with Gasteiger partial charge < -0.3 is 4.90 Å². The van der Waals surface area contributed by atoms with Crippen LogP contribution in [0.25, 0.3) is 0 Å². The van der Waals surface area contributed by atoms with Crippen LogP contribution in [0.5, 0.6) is 0 Å². The van der Waals surface area contributed by atoms with Crippen LogP contribution in [0.3, 0.4) is 0 Å². The lowest BCUT2D eigenvalue weighted by molar-refractivity contribution is -0.127. The van der Waals surface area contributed by atoms with Crippen LogP contribution >= 0.6 is 23.1 Å². The predicted octanol–water partition coefficient (Wildman–Crippen LogP) is 2.14. The van der Waals surface area contributed by atoms with Gasteiger partial charge in [0.1, 0.15) is 0 Å². The molecule has 21 heavy (non-hydrogen) atoms. The number of hydrogen-bond acceptors (Lipinski definition) is 6. The summed E-state index contributed by atoms with van der Waals surface area (Å²) in [6, 6.07) is 2.03. The Hall–Kier alpha value is -1.41. The number of rotatable bonds is 7. The fraction of sp³-hybridized carbons (Fsp3) is 0.538. The van der Waals surface area contributed by atoms with Crippen LogP contribution < -0.4 is 0 Å². The molecule has 0 saturated heterocycles. The van der Waals surface area contributed by atoms with Crippen molar-refractivity contribution in [1.82, 2.24) is 25.1 Å². The minimum absolute atomic E-state index is 0.0743. The first-order valence-corrected chi connectivity index (χ1v) is 8.63. The first kappa shape index (κ1) is 16.0. The molecule has 0 fully saturated rings. The van der Waals surface area contributed by atoms with Crippen LogP contribution in [0.2, 0.25) is 0 Å². The zero-order valence-corrected chi connectivity index (χ0v) is 14.0. The van der Waals surface area contributed by atoms with Gasteiger partial charge in [-0.2, -0.15) is 11.3 Å². The van der Waals surface area contributed by atoms with Gasteiger partial charge in [-0.05, 0) is 38.7 Å². The second kappa shape index (κ2) is 7.56. The Morgan fingerprint density at radius 2 is 2.33 bits per heavy atom. The van der Waals surface area contributed by atoms with Gasteiger partial charge in [-0.25, -0.2) is 4.68 Å². The summed E-state index contributed by atoms with van der Waals surface area (Å²) in [7, 11) is 1.82. The van der Waals surface area contributed by atoms with E-state index in [0.717, 1.165) is 12.1 Å². The standard InChI is InChI=1S/C13H19N5OS2/c1-10(2)6-18-13(14-15-16-18)21-9-12(19)17(3)7-11-4-5-20-8-11/h4-5,8,10H,6-7,9H2,1-3H3. The highest BCUT2D eigenvalue weighted by Gasteiger charge is 2.14. The third-order valence-electron chi connectivity index (χ3n) is 2.79. The molecule has 0 unspecified atom stereocenters. The number of amides is 1. The summed E-state index contributed by atoms with van der Waals surface area (Å²) < 4.78 is 1.75. The zero-order chi connectivity index (χ0) is 15.2. The van der Waals surface area contributed by atoms with Gasteiger partial charge in [-0.15, -0.1) is 5.10 Å². The number of aromatic nitrogens is 4. The van der Waals surface area contributed by atoms with Crippen molar-refractivity contribution in [3.05, 3.63) is 22.4 Å². The van der Waals surface area contributed by atoms with Gasteiger partial charge in [0.05, 0.1) is 5.75 Å². The molecular weight excluding hydrogens is 306 g/mol. The van der Waals surface area contributed by atoms with Crippen molar-refractivity contribution in [3.8, 4) is 0 Å². The van der Waals surface area contributed by atoms with E-state index in [9.17, 15) is 4.79 Å². The molecule has 0 bridgehead atoms. The van der Waals surface area contributed by atoms with Crippen LogP contribution in [0, 0.1) is 5.92 Å². The van der Waals surface area contributed by atoms with E-state index in [4.69, 9.17) is 0 Å². The van der Waals surface area contributed by atoms with Gasteiger partial charge >= 0.3 is 0 Å². The van der Waals surface area contributed by atoms with Gasteiger partial charge in [0.15, 0.2) is 0 Å². The zero-order valence-electron chi connectivity index (χ0n) is 12.4. The number of hydrogen-bond donors (Lipinski definition) is 0. The molecule has 8 heteroatoms. The highest BCUT2D eigenvalue weighted by molar-refractivity contribution is 7.99. The van der Waals surface area contributed by atoms with Gasteiger partial charge in [-0.1, -0.05) is 25.6 Å². The number of thioether (sulfide) groups is 1. The van der Waals surface area contributed by atoms with E-state index in [1.165, 1.54) is 11.8 Å². The topological polar surface area (TPSA) is 63.9 Å². The van der Waals surface area contributed by atoms with Crippen LogP contribution in [-0.2, 0) is 17.9 Å². The minimum Gasteiger partial charge on any atom is -0.341 e. The lowest BCUT2D eigenvalue weighted by atomic mass is 10.2. The Labute approximate surface area is 132 Å². The van der Waals surface area contributed by atoms with Crippen molar-refractivity contribution < 1.29 is 4.79 Å². The van der Waals surface area contributed by atoms with E-state index in [1.807, 2.05) is 18.5 Å². The largest absolute Gasteiger partial charge is 0.341 e. The summed E-state index contributed by atoms with van der Waals surface area (Å²) in [6.45, 7) is 5.61. The van der Waals surface area contributed by atoms with Crippen molar-refractivity contribution in [3.63, 3.8) is 0 Å². The molecule has 2 aromatic rings. The Morgan fingerprint density at radius 3 is 3.00 bits per heavy atom. The molecule has 0 aliphatic heterocycles. The predicted molar refractivity (Wildman–Crippen MR) is 84.2 cm³/mol. The normalized spacial score (nSPS) is 11.0. The Bertz CT molecular complexity index is 567. The second-order valence-corrected chi connectivity index (χ2v) is 6.93. The van der Waals surface area contributed by atoms with Gasteiger partial charge in [0, 0.05) is 20.1 Å². The van der Waals surface area contributed by atoms with Crippen molar-refractivity contribution in [2.45, 2.75) is 32.1 Å². The molecule has 0 aliphatic rings. The average molecular weight is 325 g/mol. The highest BCUT2D eigenvalue weighted by atomic mass is 32.2. The van der Waals surface area contributed by atoms with E-state index in [-0.39, 0.29) is 5.91 Å².